The van der Waals surface area contributed by atoms with E-state index in [0.29, 0.717) is 5.76 Å². The zero-order valence-corrected chi connectivity index (χ0v) is 8.62. The molecule has 1 aromatic heterocycles. The number of hydrogen-bond acceptors (Lipinski definition) is 4. The first-order valence-corrected chi connectivity index (χ1v) is 5.03. The van der Waals surface area contributed by atoms with Gasteiger partial charge in [-0.2, -0.15) is 0 Å². The van der Waals surface area contributed by atoms with Gasteiger partial charge in [0.05, 0.1) is 5.60 Å². The maximum absolute atomic E-state index is 11.5. The van der Waals surface area contributed by atoms with Crippen LogP contribution in [0.15, 0.2) is 10.6 Å². The van der Waals surface area contributed by atoms with Gasteiger partial charge in [0.2, 0.25) is 0 Å². The van der Waals surface area contributed by atoms with Crippen molar-refractivity contribution < 1.29 is 14.4 Å². The van der Waals surface area contributed by atoms with Crippen LogP contribution in [-0.2, 0) is 0 Å². The number of nitrogens with zero attached hydrogens (tertiary/aromatic N) is 1. The number of aromatic nitrogens is 1. The zero-order chi connectivity index (χ0) is 10.9. The molecular formula is C10H14N2O3. The molecule has 0 radical (unpaired) electrons. The quantitative estimate of drug-likeness (QED) is 0.767. The maximum Gasteiger partial charge on any atom is 0.273 e. The smallest absolute Gasteiger partial charge is 0.273 e. The molecule has 2 N–H and O–H groups in total. The van der Waals surface area contributed by atoms with Gasteiger partial charge < -0.3 is 14.9 Å². The summed E-state index contributed by atoms with van der Waals surface area (Å²) < 4.78 is 4.78. The monoisotopic (exact) mass is 210 g/mol. The highest BCUT2D eigenvalue weighted by Crippen LogP contribution is 2.30. The van der Waals surface area contributed by atoms with E-state index < -0.39 is 5.60 Å². The fraction of sp³-hybridized carbons (Fsp3) is 0.600. The van der Waals surface area contributed by atoms with Crippen LogP contribution in [0.1, 0.15) is 35.5 Å². The summed E-state index contributed by atoms with van der Waals surface area (Å²) in [6.45, 7) is 2.01. The van der Waals surface area contributed by atoms with Crippen molar-refractivity contribution in [3.8, 4) is 0 Å². The summed E-state index contributed by atoms with van der Waals surface area (Å²) in [6.07, 6.45) is 2.53. The van der Waals surface area contributed by atoms with Crippen molar-refractivity contribution in [2.45, 2.75) is 31.8 Å². The predicted octanol–water partition coefficient (Wildman–Crippen LogP) is 0.628. The Hall–Kier alpha value is -1.36. The number of amides is 1. The SMILES string of the molecule is Cc1cc(C(=O)NCC2(O)CCC2)no1. The Morgan fingerprint density at radius 1 is 1.73 bits per heavy atom. The normalized spacial score (nSPS) is 18.3. The van der Waals surface area contributed by atoms with Gasteiger partial charge in [-0.3, -0.25) is 4.79 Å². The standard InChI is InChI=1S/C10H14N2O3/c1-7-5-8(12-15-7)9(13)11-6-10(14)3-2-4-10/h5,14H,2-4,6H2,1H3,(H,11,13). The Morgan fingerprint density at radius 3 is 2.93 bits per heavy atom. The summed E-state index contributed by atoms with van der Waals surface area (Å²) in [7, 11) is 0. The van der Waals surface area contributed by atoms with Gasteiger partial charge in [0, 0.05) is 12.6 Å². The molecule has 0 aromatic carbocycles. The molecule has 5 heteroatoms. The third kappa shape index (κ3) is 2.18. The highest BCUT2D eigenvalue weighted by molar-refractivity contribution is 5.92. The van der Waals surface area contributed by atoms with E-state index in [9.17, 15) is 9.90 Å². The van der Waals surface area contributed by atoms with Crippen molar-refractivity contribution in [3.63, 3.8) is 0 Å². The Bertz CT molecular complexity index is 368. The van der Waals surface area contributed by atoms with Crippen molar-refractivity contribution in [1.29, 1.82) is 0 Å². The Kier molecular flexibility index (Phi) is 2.48. The van der Waals surface area contributed by atoms with Gasteiger partial charge in [0.15, 0.2) is 5.69 Å². The van der Waals surface area contributed by atoms with Crippen LogP contribution in [0.25, 0.3) is 0 Å². The summed E-state index contributed by atoms with van der Waals surface area (Å²) in [5.41, 5.74) is -0.440. The molecule has 82 valence electrons. The van der Waals surface area contributed by atoms with E-state index in [-0.39, 0.29) is 18.1 Å². The van der Waals surface area contributed by atoms with Crippen molar-refractivity contribution in [2.75, 3.05) is 6.54 Å². The van der Waals surface area contributed by atoms with Crippen LogP contribution in [0, 0.1) is 6.92 Å². The van der Waals surface area contributed by atoms with Crippen LogP contribution < -0.4 is 5.32 Å². The van der Waals surface area contributed by atoms with Crippen molar-refractivity contribution in [2.24, 2.45) is 0 Å². The highest BCUT2D eigenvalue weighted by Gasteiger charge is 2.34. The van der Waals surface area contributed by atoms with Gasteiger partial charge >= 0.3 is 0 Å². The van der Waals surface area contributed by atoms with E-state index in [1.165, 1.54) is 0 Å². The van der Waals surface area contributed by atoms with E-state index in [1.807, 2.05) is 0 Å². The zero-order valence-electron chi connectivity index (χ0n) is 8.62. The molecule has 1 amide bonds. The van der Waals surface area contributed by atoms with Gasteiger partial charge in [0.25, 0.3) is 5.91 Å². The largest absolute Gasteiger partial charge is 0.388 e. The first-order chi connectivity index (χ1) is 7.09. The summed E-state index contributed by atoms with van der Waals surface area (Å²) in [4.78, 5) is 11.5. The van der Waals surface area contributed by atoms with E-state index in [0.717, 1.165) is 19.3 Å². The highest BCUT2D eigenvalue weighted by atomic mass is 16.5. The molecule has 15 heavy (non-hydrogen) atoms. The third-order valence-electron chi connectivity index (χ3n) is 2.72. The number of aliphatic hydroxyl groups is 1. The summed E-state index contributed by atoms with van der Waals surface area (Å²) in [5, 5.41) is 16.0. The molecule has 0 unspecified atom stereocenters. The second-order valence-corrected chi connectivity index (χ2v) is 4.08. The first kappa shape index (κ1) is 10.2. The van der Waals surface area contributed by atoms with Gasteiger partial charge in [-0.25, -0.2) is 0 Å². The molecule has 0 bridgehead atoms. The molecule has 1 fully saturated rings. The molecular weight excluding hydrogens is 196 g/mol. The van der Waals surface area contributed by atoms with Crippen LogP contribution in [0.5, 0.6) is 0 Å². The average molecular weight is 210 g/mol. The minimum atomic E-state index is -0.700. The summed E-state index contributed by atoms with van der Waals surface area (Å²) in [6, 6.07) is 1.57. The van der Waals surface area contributed by atoms with Crippen LogP contribution >= 0.6 is 0 Å². The van der Waals surface area contributed by atoms with Gasteiger partial charge in [-0.15, -0.1) is 0 Å². The Balaban J connectivity index is 1.87. The molecule has 1 aliphatic carbocycles. The second kappa shape index (κ2) is 3.66. The minimum absolute atomic E-state index is 0.260. The topological polar surface area (TPSA) is 75.4 Å². The van der Waals surface area contributed by atoms with Gasteiger partial charge in [-0.1, -0.05) is 5.16 Å². The van der Waals surface area contributed by atoms with E-state index in [1.54, 1.807) is 13.0 Å². The van der Waals surface area contributed by atoms with E-state index in [2.05, 4.69) is 10.5 Å². The van der Waals surface area contributed by atoms with Crippen molar-refractivity contribution >= 4 is 5.91 Å². The second-order valence-electron chi connectivity index (χ2n) is 4.08. The molecule has 1 saturated carbocycles. The molecule has 0 atom stereocenters. The molecule has 0 aliphatic heterocycles. The van der Waals surface area contributed by atoms with Crippen LogP contribution in [0.4, 0.5) is 0 Å². The van der Waals surface area contributed by atoms with Crippen molar-refractivity contribution in [1.82, 2.24) is 10.5 Å². The third-order valence-corrected chi connectivity index (χ3v) is 2.72. The molecule has 1 heterocycles. The summed E-state index contributed by atoms with van der Waals surface area (Å²) >= 11 is 0. The Morgan fingerprint density at radius 2 is 2.47 bits per heavy atom. The fourth-order valence-corrected chi connectivity index (χ4v) is 1.57. The number of hydrogen-bond donors (Lipinski definition) is 2. The maximum atomic E-state index is 11.5. The minimum Gasteiger partial charge on any atom is -0.388 e. The average Bonchev–Trinajstić information content (AvgIpc) is 2.58. The molecule has 1 aliphatic rings. The molecule has 5 nitrogen and oxygen atoms in total. The van der Waals surface area contributed by atoms with E-state index >= 15 is 0 Å². The summed E-state index contributed by atoms with van der Waals surface area (Å²) in [5.74, 6) is 0.301. The molecule has 2 rings (SSSR count). The lowest BCUT2D eigenvalue weighted by Crippen LogP contribution is -2.47. The fourth-order valence-electron chi connectivity index (χ4n) is 1.57. The predicted molar refractivity (Wildman–Crippen MR) is 52.4 cm³/mol. The molecule has 0 spiro atoms. The lowest BCUT2D eigenvalue weighted by molar-refractivity contribution is -0.0301. The number of carbonyl (C=O) groups is 1. The van der Waals surface area contributed by atoms with Crippen LogP contribution in [0.3, 0.4) is 0 Å². The van der Waals surface area contributed by atoms with E-state index in [4.69, 9.17) is 4.52 Å². The Labute approximate surface area is 87.5 Å². The van der Waals surface area contributed by atoms with Crippen molar-refractivity contribution in [3.05, 3.63) is 17.5 Å². The van der Waals surface area contributed by atoms with Crippen LogP contribution in [-0.4, -0.2) is 28.3 Å². The van der Waals surface area contributed by atoms with Gasteiger partial charge in [0.1, 0.15) is 5.76 Å². The van der Waals surface area contributed by atoms with Gasteiger partial charge in [-0.05, 0) is 26.2 Å². The first-order valence-electron chi connectivity index (χ1n) is 5.03. The molecule has 0 saturated heterocycles. The number of rotatable bonds is 3. The number of nitrogens with one attached hydrogen (secondary N) is 1. The lowest BCUT2D eigenvalue weighted by atomic mass is 9.80. The van der Waals surface area contributed by atoms with Crippen LogP contribution in [0.2, 0.25) is 0 Å². The number of carbonyl (C=O) groups excluding carboxylic acids is 1. The molecule has 1 aromatic rings. The lowest BCUT2D eigenvalue weighted by Gasteiger charge is -2.36. The number of aryl methyl sites for hydroxylation is 1.